The number of hydrogen-bond donors (Lipinski definition) is 2. The summed E-state index contributed by atoms with van der Waals surface area (Å²) in [5, 5.41) is 7.17. The Morgan fingerprint density at radius 1 is 1.30 bits per heavy atom. The van der Waals surface area contributed by atoms with Gasteiger partial charge < -0.3 is 10.6 Å². The molecule has 3 rings (SSSR count). The zero-order valence-corrected chi connectivity index (χ0v) is 11.3. The van der Waals surface area contributed by atoms with Crippen LogP contribution >= 0.6 is 0 Å². The van der Waals surface area contributed by atoms with Gasteiger partial charge in [-0.1, -0.05) is 18.2 Å². The molecular weight excluding hydrogens is 252 g/mol. The van der Waals surface area contributed by atoms with Crippen LogP contribution in [0.5, 0.6) is 0 Å². The molecule has 1 fully saturated rings. The molecule has 1 amide bonds. The maximum absolute atomic E-state index is 11.5. The molecule has 1 heterocycles. The van der Waals surface area contributed by atoms with E-state index in [4.69, 9.17) is 0 Å². The highest BCUT2D eigenvalue weighted by Crippen LogP contribution is 2.18. The van der Waals surface area contributed by atoms with Crippen LogP contribution in [0.1, 0.15) is 25.7 Å². The van der Waals surface area contributed by atoms with E-state index in [1.165, 1.54) is 0 Å². The van der Waals surface area contributed by atoms with Crippen molar-refractivity contribution >= 4 is 22.8 Å². The topological polar surface area (TPSA) is 66.9 Å². The minimum absolute atomic E-state index is 0.147. The van der Waals surface area contributed by atoms with Gasteiger partial charge in [-0.05, 0) is 25.3 Å². The van der Waals surface area contributed by atoms with Crippen molar-refractivity contribution in [3.05, 3.63) is 30.5 Å². The predicted octanol–water partition coefficient (Wildman–Crippen LogP) is 2.10. The Morgan fingerprint density at radius 3 is 3.00 bits per heavy atom. The summed E-state index contributed by atoms with van der Waals surface area (Å²) in [4.78, 5) is 20.2. The molecular formula is C15H18N4O. The minimum atomic E-state index is 0.147. The third-order valence-electron chi connectivity index (χ3n) is 3.30. The van der Waals surface area contributed by atoms with Crippen LogP contribution in [0.4, 0.5) is 5.95 Å². The summed E-state index contributed by atoms with van der Waals surface area (Å²) in [5.74, 6) is 0.764. The number of benzene rings is 1. The third kappa shape index (κ3) is 3.44. The molecule has 0 spiro atoms. The summed E-state index contributed by atoms with van der Waals surface area (Å²) in [5.41, 5.74) is 0.927. The molecule has 5 nitrogen and oxygen atoms in total. The van der Waals surface area contributed by atoms with Gasteiger partial charge in [-0.3, -0.25) is 4.79 Å². The Bertz CT molecular complexity index is 610. The number of para-hydroxylation sites is 1. The Labute approximate surface area is 117 Å². The minimum Gasteiger partial charge on any atom is -0.354 e. The molecule has 0 unspecified atom stereocenters. The Hall–Kier alpha value is -2.17. The lowest BCUT2D eigenvalue weighted by molar-refractivity contribution is -0.121. The van der Waals surface area contributed by atoms with Crippen molar-refractivity contribution in [2.45, 2.75) is 31.7 Å². The number of nitrogens with one attached hydrogen (secondary N) is 2. The van der Waals surface area contributed by atoms with E-state index < -0.39 is 0 Å². The van der Waals surface area contributed by atoms with Crippen LogP contribution < -0.4 is 10.6 Å². The summed E-state index contributed by atoms with van der Waals surface area (Å²) in [6, 6.07) is 8.32. The molecule has 5 heteroatoms. The van der Waals surface area contributed by atoms with Crippen molar-refractivity contribution in [1.82, 2.24) is 15.3 Å². The zero-order chi connectivity index (χ0) is 13.8. The summed E-state index contributed by atoms with van der Waals surface area (Å²) >= 11 is 0. The van der Waals surface area contributed by atoms with Crippen LogP contribution in [0.25, 0.3) is 10.9 Å². The highest BCUT2D eigenvalue weighted by atomic mass is 16.1. The number of aromatic nitrogens is 2. The molecule has 1 aromatic carbocycles. The molecule has 2 aromatic rings. The van der Waals surface area contributed by atoms with Gasteiger partial charge in [-0.2, -0.15) is 0 Å². The number of hydrogen-bond acceptors (Lipinski definition) is 4. The van der Waals surface area contributed by atoms with E-state index in [1.54, 1.807) is 0 Å². The fourth-order valence-corrected chi connectivity index (χ4v) is 2.03. The van der Waals surface area contributed by atoms with E-state index >= 15 is 0 Å². The molecule has 2 N–H and O–H groups in total. The molecule has 0 atom stereocenters. The average molecular weight is 270 g/mol. The van der Waals surface area contributed by atoms with Gasteiger partial charge in [-0.15, -0.1) is 0 Å². The van der Waals surface area contributed by atoms with Crippen LogP contribution in [-0.4, -0.2) is 28.5 Å². The van der Waals surface area contributed by atoms with Crippen molar-refractivity contribution in [3.63, 3.8) is 0 Å². The monoisotopic (exact) mass is 270 g/mol. The maximum Gasteiger partial charge on any atom is 0.223 e. The highest BCUT2D eigenvalue weighted by molar-refractivity contribution is 5.78. The highest BCUT2D eigenvalue weighted by Gasteiger charge is 2.22. The van der Waals surface area contributed by atoms with Gasteiger partial charge in [0, 0.05) is 30.6 Å². The van der Waals surface area contributed by atoms with Crippen LogP contribution in [-0.2, 0) is 4.79 Å². The predicted molar refractivity (Wildman–Crippen MR) is 78.4 cm³/mol. The quantitative estimate of drug-likeness (QED) is 0.789. The summed E-state index contributed by atoms with van der Waals surface area (Å²) in [6.07, 6.45) is 5.42. The zero-order valence-electron chi connectivity index (χ0n) is 11.3. The van der Waals surface area contributed by atoms with Crippen LogP contribution in [0.15, 0.2) is 30.5 Å². The number of amides is 1. The molecule has 1 aromatic heterocycles. The van der Waals surface area contributed by atoms with Crippen molar-refractivity contribution in [3.8, 4) is 0 Å². The Balaban J connectivity index is 1.45. The van der Waals surface area contributed by atoms with Gasteiger partial charge in [0.25, 0.3) is 0 Å². The van der Waals surface area contributed by atoms with Gasteiger partial charge in [0.2, 0.25) is 11.9 Å². The number of carbonyl (C=O) groups is 1. The number of fused-ring (bicyclic) bond motifs is 1. The molecule has 20 heavy (non-hydrogen) atoms. The van der Waals surface area contributed by atoms with E-state index in [9.17, 15) is 4.79 Å². The largest absolute Gasteiger partial charge is 0.354 e. The molecule has 0 aliphatic heterocycles. The Kier molecular flexibility index (Phi) is 3.76. The van der Waals surface area contributed by atoms with Gasteiger partial charge >= 0.3 is 0 Å². The molecule has 0 bridgehead atoms. The maximum atomic E-state index is 11.5. The second kappa shape index (κ2) is 5.86. The smallest absolute Gasteiger partial charge is 0.223 e. The van der Waals surface area contributed by atoms with Gasteiger partial charge in [0.15, 0.2) is 0 Å². The van der Waals surface area contributed by atoms with E-state index in [0.29, 0.717) is 25.0 Å². The average Bonchev–Trinajstić information content (AvgIpc) is 3.27. The molecule has 0 radical (unpaired) electrons. The van der Waals surface area contributed by atoms with Crippen LogP contribution in [0.3, 0.4) is 0 Å². The summed E-state index contributed by atoms with van der Waals surface area (Å²) in [6.45, 7) is 0.705. The van der Waals surface area contributed by atoms with Crippen LogP contribution in [0.2, 0.25) is 0 Å². The van der Waals surface area contributed by atoms with E-state index in [1.807, 2.05) is 30.5 Å². The molecule has 1 aliphatic carbocycles. The summed E-state index contributed by atoms with van der Waals surface area (Å²) in [7, 11) is 0. The van der Waals surface area contributed by atoms with Gasteiger partial charge in [0.1, 0.15) is 0 Å². The van der Waals surface area contributed by atoms with E-state index in [0.717, 1.165) is 30.2 Å². The molecule has 0 saturated heterocycles. The molecule has 1 aliphatic rings. The number of anilines is 1. The number of rotatable bonds is 6. The first-order valence-electron chi connectivity index (χ1n) is 7.06. The molecule has 1 saturated carbocycles. The fourth-order valence-electron chi connectivity index (χ4n) is 2.03. The number of nitrogens with zero attached hydrogens (tertiary/aromatic N) is 2. The number of carbonyl (C=O) groups excluding carboxylic acids is 1. The van der Waals surface area contributed by atoms with Crippen molar-refractivity contribution in [2.75, 3.05) is 11.9 Å². The summed E-state index contributed by atoms with van der Waals surface area (Å²) < 4.78 is 0. The van der Waals surface area contributed by atoms with E-state index in [-0.39, 0.29) is 5.91 Å². The lowest BCUT2D eigenvalue weighted by Gasteiger charge is -2.06. The lowest BCUT2D eigenvalue weighted by atomic mass is 10.2. The standard InChI is InChI=1S/C15H18N4O/c20-14(18-12-7-8-12)6-3-9-16-15-17-10-11-4-1-2-5-13(11)19-15/h1-2,4-5,10,12H,3,6-9H2,(H,18,20)(H,16,17,19). The first-order chi connectivity index (χ1) is 9.81. The first kappa shape index (κ1) is 12.8. The normalized spacial score (nSPS) is 14.2. The van der Waals surface area contributed by atoms with Crippen molar-refractivity contribution in [2.24, 2.45) is 0 Å². The van der Waals surface area contributed by atoms with E-state index in [2.05, 4.69) is 20.6 Å². The van der Waals surface area contributed by atoms with Gasteiger partial charge in [0.05, 0.1) is 5.52 Å². The SMILES string of the molecule is O=C(CCCNc1ncc2ccccc2n1)NC1CC1. The molecule has 104 valence electrons. The third-order valence-corrected chi connectivity index (χ3v) is 3.30. The second-order valence-corrected chi connectivity index (χ2v) is 5.12. The fraction of sp³-hybridized carbons (Fsp3) is 0.400. The van der Waals surface area contributed by atoms with Gasteiger partial charge in [-0.25, -0.2) is 9.97 Å². The Morgan fingerprint density at radius 2 is 2.15 bits per heavy atom. The van der Waals surface area contributed by atoms with Crippen molar-refractivity contribution < 1.29 is 4.79 Å². The lowest BCUT2D eigenvalue weighted by Crippen LogP contribution is -2.25. The van der Waals surface area contributed by atoms with Crippen molar-refractivity contribution in [1.29, 1.82) is 0 Å². The van der Waals surface area contributed by atoms with Crippen LogP contribution in [0, 0.1) is 0 Å². The second-order valence-electron chi connectivity index (χ2n) is 5.12. The first-order valence-corrected chi connectivity index (χ1v) is 7.06.